The number of benzene rings is 2. The van der Waals surface area contributed by atoms with Gasteiger partial charge < -0.3 is 29.4 Å². The van der Waals surface area contributed by atoms with Crippen molar-refractivity contribution in [3.05, 3.63) is 47.5 Å². The molecule has 1 aliphatic rings. The summed E-state index contributed by atoms with van der Waals surface area (Å²) in [5.74, 6) is -1.54. The Hall–Kier alpha value is -4.04. The van der Waals surface area contributed by atoms with Crippen LogP contribution in [0.4, 0.5) is 0 Å². The van der Waals surface area contributed by atoms with E-state index in [1.54, 1.807) is 36.4 Å². The average molecular weight is 512 g/mol. The van der Waals surface area contributed by atoms with Gasteiger partial charge in [0.15, 0.2) is 0 Å². The van der Waals surface area contributed by atoms with Gasteiger partial charge in [0.25, 0.3) is 11.8 Å². The zero-order valence-corrected chi connectivity index (χ0v) is 20.0. The first-order valence-corrected chi connectivity index (χ1v) is 11.1. The van der Waals surface area contributed by atoms with Gasteiger partial charge in [-0.05, 0) is 24.3 Å². The Labute approximate surface area is 201 Å². The number of methoxy groups -OCH3 is 4. The maximum absolute atomic E-state index is 12.3. The Bertz CT molecular complexity index is 1170. The number of carboxylic acids is 1. The lowest BCUT2D eigenvalue weighted by Gasteiger charge is -2.35. The summed E-state index contributed by atoms with van der Waals surface area (Å²) in [6.07, 6.45) is 0. The molecule has 0 spiro atoms. The summed E-state index contributed by atoms with van der Waals surface area (Å²) in [6, 6.07) is 8.50. The number of rotatable bonds is 8. The summed E-state index contributed by atoms with van der Waals surface area (Å²) in [4.78, 5) is 34.6. The van der Waals surface area contributed by atoms with Crippen molar-refractivity contribution in [3.8, 4) is 23.0 Å². The molecule has 1 aliphatic heterocycles. The number of carboxylic acid groups (broad SMARTS) is 1. The second-order valence-corrected chi connectivity index (χ2v) is 8.09. The first-order chi connectivity index (χ1) is 16.5. The fourth-order valence-corrected chi connectivity index (χ4v) is 3.77. The summed E-state index contributed by atoms with van der Waals surface area (Å²) in [5, 5.41) is 11.2. The molecule has 0 aromatic heterocycles. The number of β-lactam (4-membered cyclic amide) rings is 1. The third kappa shape index (κ3) is 6.10. The number of hydrogen-bond acceptors (Lipinski definition) is 9. The van der Waals surface area contributed by atoms with Gasteiger partial charge in [-0.1, -0.05) is 12.1 Å². The van der Waals surface area contributed by atoms with E-state index in [1.807, 2.05) is 0 Å². The van der Waals surface area contributed by atoms with Gasteiger partial charge in [-0.25, -0.2) is 9.10 Å². The van der Waals surface area contributed by atoms with Crippen LogP contribution in [0.15, 0.2) is 36.4 Å². The summed E-state index contributed by atoms with van der Waals surface area (Å²) >= 11 is 0. The molecule has 0 radical (unpaired) electrons. The van der Waals surface area contributed by atoms with Crippen LogP contribution < -0.4 is 24.3 Å². The van der Waals surface area contributed by atoms with Crippen molar-refractivity contribution in [1.82, 2.24) is 9.62 Å². The molecule has 13 nitrogen and oxygen atoms in total. The van der Waals surface area contributed by atoms with E-state index in [0.29, 0.717) is 11.5 Å². The van der Waals surface area contributed by atoms with Gasteiger partial charge in [-0.15, -0.1) is 0 Å². The maximum Gasteiger partial charge on any atom is 0.362 e. The molecule has 35 heavy (non-hydrogen) atoms. The summed E-state index contributed by atoms with van der Waals surface area (Å²) in [5.41, 5.74) is 0.137. The Morgan fingerprint density at radius 2 is 1.29 bits per heavy atom. The maximum atomic E-state index is 12.3. The first-order valence-electron chi connectivity index (χ1n) is 9.75. The molecule has 190 valence electrons. The lowest BCUT2D eigenvalue weighted by atomic mass is 10.1. The normalized spacial score (nSPS) is 14.6. The minimum atomic E-state index is -4.59. The third-order valence-corrected chi connectivity index (χ3v) is 5.66. The molecule has 0 bridgehead atoms. The van der Waals surface area contributed by atoms with Crippen LogP contribution in [0.5, 0.6) is 23.0 Å². The van der Waals surface area contributed by atoms with Crippen molar-refractivity contribution in [1.29, 1.82) is 0 Å². The lowest BCUT2D eigenvalue weighted by molar-refractivity contribution is -0.136. The monoisotopic (exact) mass is 512 g/mol. The molecule has 2 amide bonds. The molecular weight excluding hydrogens is 488 g/mol. The molecule has 14 heteroatoms. The van der Waals surface area contributed by atoms with E-state index in [0.717, 1.165) is 0 Å². The number of carbonyl (C=O) groups excluding carboxylic acids is 2. The quantitative estimate of drug-likeness (QED) is 0.337. The molecule has 1 heterocycles. The summed E-state index contributed by atoms with van der Waals surface area (Å²) in [6.45, 7) is -0.332. The summed E-state index contributed by atoms with van der Waals surface area (Å²) < 4.78 is 50.6. The molecular formula is C21H24N2O11S. The van der Waals surface area contributed by atoms with Gasteiger partial charge in [0.2, 0.25) is 0 Å². The summed E-state index contributed by atoms with van der Waals surface area (Å²) in [7, 11) is 0.995. The molecule has 0 unspecified atom stereocenters. The number of carbonyl (C=O) groups is 3. The fourth-order valence-electron chi connectivity index (χ4n) is 3.08. The number of nitrogens with one attached hydrogen (secondary N) is 1. The molecule has 0 aliphatic carbocycles. The average Bonchev–Trinajstić information content (AvgIpc) is 2.83. The van der Waals surface area contributed by atoms with Crippen LogP contribution in [0.3, 0.4) is 0 Å². The van der Waals surface area contributed by atoms with Gasteiger partial charge in [0.05, 0.1) is 35.0 Å². The van der Waals surface area contributed by atoms with Crippen molar-refractivity contribution in [2.24, 2.45) is 0 Å². The van der Waals surface area contributed by atoms with Crippen molar-refractivity contribution in [2.45, 2.75) is 6.04 Å². The van der Waals surface area contributed by atoms with Gasteiger partial charge in [-0.3, -0.25) is 14.1 Å². The van der Waals surface area contributed by atoms with Crippen molar-refractivity contribution in [3.63, 3.8) is 0 Å². The van der Waals surface area contributed by atoms with E-state index in [9.17, 15) is 22.8 Å². The highest BCUT2D eigenvalue weighted by molar-refractivity contribution is 7.84. The predicted molar refractivity (Wildman–Crippen MR) is 121 cm³/mol. The minimum absolute atomic E-state index is 0.0486. The molecule has 3 rings (SSSR count). The largest absolute Gasteiger partial charge is 0.496 e. The Morgan fingerprint density at radius 3 is 1.60 bits per heavy atom. The van der Waals surface area contributed by atoms with Crippen LogP contribution in [0.2, 0.25) is 0 Å². The minimum Gasteiger partial charge on any atom is -0.496 e. The van der Waals surface area contributed by atoms with Gasteiger partial charge in [-0.2, -0.15) is 8.42 Å². The second-order valence-electron chi connectivity index (χ2n) is 6.75. The highest BCUT2D eigenvalue weighted by Gasteiger charge is 2.44. The Morgan fingerprint density at radius 1 is 0.886 bits per heavy atom. The van der Waals surface area contributed by atoms with Crippen LogP contribution in [-0.2, 0) is 15.1 Å². The molecule has 2 aromatic carbocycles. The Kier molecular flexibility index (Phi) is 8.86. The Balaban J connectivity index is 0.000000283. The van der Waals surface area contributed by atoms with Gasteiger partial charge in [0, 0.05) is 0 Å². The molecule has 3 N–H and O–H groups in total. The standard InChI is InChI=1S/C12H14N2O7S.C9H10O4/c1-20-8-4-3-5-9(21-2)10(8)11(15)13-7-6-14(12(7)16)22(17,18)19;1-12-6-4-3-5-7(13-2)8(6)9(10)11/h3-5,7H,6H2,1-2H3,(H,13,15)(H,17,18,19);3-5H,1-2H3,(H,10,11)/t7-;/m0./s1. The van der Waals surface area contributed by atoms with E-state index in [4.69, 9.17) is 28.6 Å². The lowest BCUT2D eigenvalue weighted by Crippen LogP contribution is -2.65. The fraction of sp³-hybridized carbons (Fsp3) is 0.286. The van der Waals surface area contributed by atoms with E-state index < -0.39 is 34.1 Å². The zero-order chi connectivity index (χ0) is 26.3. The number of ether oxygens (including phenoxy) is 4. The van der Waals surface area contributed by atoms with Crippen LogP contribution in [0, 0.1) is 0 Å². The van der Waals surface area contributed by atoms with E-state index in [-0.39, 0.29) is 33.5 Å². The predicted octanol–water partition coefficient (Wildman–Crippen LogP) is 0.849. The van der Waals surface area contributed by atoms with Crippen LogP contribution in [0.1, 0.15) is 20.7 Å². The molecule has 1 atom stereocenters. The van der Waals surface area contributed by atoms with E-state index in [1.165, 1.54) is 28.4 Å². The molecule has 1 saturated heterocycles. The number of amides is 2. The van der Waals surface area contributed by atoms with Crippen LogP contribution in [-0.4, -0.2) is 81.2 Å². The van der Waals surface area contributed by atoms with Crippen molar-refractivity contribution < 1.29 is 51.4 Å². The number of hydrogen-bond donors (Lipinski definition) is 3. The van der Waals surface area contributed by atoms with Gasteiger partial charge >= 0.3 is 16.3 Å². The number of nitrogens with zero attached hydrogens (tertiary/aromatic N) is 1. The van der Waals surface area contributed by atoms with Gasteiger partial charge in [0.1, 0.15) is 40.2 Å². The van der Waals surface area contributed by atoms with Crippen molar-refractivity contribution in [2.75, 3.05) is 35.0 Å². The number of aromatic carboxylic acids is 1. The second kappa shape index (κ2) is 11.4. The van der Waals surface area contributed by atoms with E-state index >= 15 is 0 Å². The molecule has 1 fully saturated rings. The highest BCUT2D eigenvalue weighted by atomic mass is 32.2. The third-order valence-electron chi connectivity index (χ3n) is 4.77. The van der Waals surface area contributed by atoms with E-state index in [2.05, 4.69) is 5.32 Å². The van der Waals surface area contributed by atoms with Crippen LogP contribution in [0.25, 0.3) is 0 Å². The topological polar surface area (TPSA) is 178 Å². The van der Waals surface area contributed by atoms with Crippen molar-refractivity contribution >= 4 is 28.1 Å². The SMILES string of the molecule is COc1cccc(OC)c1C(=O)N[C@H]1CN(S(=O)(=O)O)C1=O.COc1cccc(OC)c1C(=O)O. The smallest absolute Gasteiger partial charge is 0.362 e. The molecule has 0 saturated carbocycles. The highest BCUT2D eigenvalue weighted by Crippen LogP contribution is 2.29. The first kappa shape index (κ1) is 27.2. The van der Waals surface area contributed by atoms with Crippen LogP contribution >= 0.6 is 0 Å². The molecule has 2 aromatic rings. The zero-order valence-electron chi connectivity index (χ0n) is 19.2.